The van der Waals surface area contributed by atoms with Crippen LogP contribution in [0.3, 0.4) is 0 Å². The van der Waals surface area contributed by atoms with Gasteiger partial charge in [-0.25, -0.2) is 0 Å². The van der Waals surface area contributed by atoms with Gasteiger partial charge in [0.25, 0.3) is 0 Å². The average Bonchev–Trinajstić information content (AvgIpc) is 2.68. The van der Waals surface area contributed by atoms with Crippen LogP contribution in [0, 0.1) is 0 Å². The summed E-state index contributed by atoms with van der Waals surface area (Å²) in [5.41, 5.74) is 2.53. The second-order valence-corrected chi connectivity index (χ2v) is 6.79. The molecule has 0 unspecified atom stereocenters. The standard InChI is InChI=1S/C22H29NO2.ClH/c1-24-22-16-19(17-23-20-10-6-3-7-11-20)12-13-21(22)25-15-14-18-8-4-2-5-9-18;/h2,4-5,8-9,12-13,16,20,23H,3,6-7,10-11,14-15,17H2,1H3;1H. The highest BCUT2D eigenvalue weighted by molar-refractivity contribution is 5.85. The molecular weight excluding hydrogens is 346 g/mol. The molecule has 0 aliphatic heterocycles. The maximum absolute atomic E-state index is 5.94. The first-order valence-corrected chi connectivity index (χ1v) is 9.42. The van der Waals surface area contributed by atoms with Gasteiger partial charge in [0, 0.05) is 19.0 Å². The van der Waals surface area contributed by atoms with Crippen LogP contribution in [0.2, 0.25) is 0 Å². The Morgan fingerprint density at radius 3 is 2.42 bits per heavy atom. The highest BCUT2D eigenvalue weighted by Gasteiger charge is 2.13. The SMILES string of the molecule is COc1cc(CNC2CCCCC2)ccc1OCCc1ccccc1.Cl. The fourth-order valence-corrected chi connectivity index (χ4v) is 3.43. The summed E-state index contributed by atoms with van der Waals surface area (Å²) in [6.07, 6.45) is 7.61. The lowest BCUT2D eigenvalue weighted by Gasteiger charge is -2.23. The Hall–Kier alpha value is -1.71. The summed E-state index contributed by atoms with van der Waals surface area (Å²) in [5.74, 6) is 1.64. The van der Waals surface area contributed by atoms with Crippen LogP contribution in [0.15, 0.2) is 48.5 Å². The Bertz CT molecular complexity index is 642. The summed E-state index contributed by atoms with van der Waals surface area (Å²) >= 11 is 0. The summed E-state index contributed by atoms with van der Waals surface area (Å²) in [4.78, 5) is 0. The molecule has 3 nitrogen and oxygen atoms in total. The number of halogens is 1. The van der Waals surface area contributed by atoms with Crippen molar-refractivity contribution in [2.75, 3.05) is 13.7 Å². The molecule has 0 atom stereocenters. The third kappa shape index (κ3) is 6.22. The highest BCUT2D eigenvalue weighted by atomic mass is 35.5. The summed E-state index contributed by atoms with van der Waals surface area (Å²) in [6, 6.07) is 17.3. The highest BCUT2D eigenvalue weighted by Crippen LogP contribution is 2.28. The third-order valence-corrected chi connectivity index (χ3v) is 4.92. The number of nitrogens with one attached hydrogen (secondary N) is 1. The summed E-state index contributed by atoms with van der Waals surface area (Å²) in [7, 11) is 1.71. The molecule has 3 rings (SSSR count). The normalized spacial score (nSPS) is 14.5. The molecule has 2 aromatic carbocycles. The smallest absolute Gasteiger partial charge is 0.161 e. The second kappa shape index (κ2) is 11.1. The summed E-state index contributed by atoms with van der Waals surface area (Å²) in [5, 5.41) is 3.68. The molecule has 0 bridgehead atoms. The van der Waals surface area contributed by atoms with Crippen molar-refractivity contribution in [3.05, 3.63) is 59.7 Å². The molecule has 1 aliphatic rings. The van der Waals surface area contributed by atoms with E-state index in [4.69, 9.17) is 9.47 Å². The Labute approximate surface area is 163 Å². The van der Waals surface area contributed by atoms with Crippen LogP contribution in [-0.2, 0) is 13.0 Å². The van der Waals surface area contributed by atoms with Crippen LogP contribution < -0.4 is 14.8 Å². The minimum Gasteiger partial charge on any atom is -0.493 e. The number of methoxy groups -OCH3 is 1. The number of ether oxygens (including phenoxy) is 2. The van der Waals surface area contributed by atoms with E-state index in [1.165, 1.54) is 43.2 Å². The van der Waals surface area contributed by atoms with E-state index >= 15 is 0 Å². The molecule has 1 N–H and O–H groups in total. The molecule has 1 fully saturated rings. The number of hydrogen-bond acceptors (Lipinski definition) is 3. The van der Waals surface area contributed by atoms with E-state index in [1.807, 2.05) is 12.1 Å². The minimum atomic E-state index is 0. The van der Waals surface area contributed by atoms with Crippen LogP contribution >= 0.6 is 12.4 Å². The van der Waals surface area contributed by atoms with Gasteiger partial charge in [0.05, 0.1) is 13.7 Å². The monoisotopic (exact) mass is 375 g/mol. The van der Waals surface area contributed by atoms with E-state index in [2.05, 4.69) is 41.7 Å². The second-order valence-electron chi connectivity index (χ2n) is 6.79. The molecule has 0 amide bonds. The predicted octanol–water partition coefficient (Wildman–Crippen LogP) is 5.16. The fourth-order valence-electron chi connectivity index (χ4n) is 3.43. The van der Waals surface area contributed by atoms with Gasteiger partial charge in [-0.3, -0.25) is 0 Å². The first kappa shape index (κ1) is 20.6. The molecule has 26 heavy (non-hydrogen) atoms. The van der Waals surface area contributed by atoms with Crippen molar-refractivity contribution in [3.63, 3.8) is 0 Å². The summed E-state index contributed by atoms with van der Waals surface area (Å²) < 4.78 is 11.5. The third-order valence-electron chi connectivity index (χ3n) is 4.92. The van der Waals surface area contributed by atoms with Gasteiger partial charge in [-0.1, -0.05) is 55.7 Å². The zero-order valence-corrected chi connectivity index (χ0v) is 16.4. The van der Waals surface area contributed by atoms with Crippen molar-refractivity contribution in [1.29, 1.82) is 0 Å². The van der Waals surface area contributed by atoms with Crippen molar-refractivity contribution in [2.45, 2.75) is 51.1 Å². The first-order chi connectivity index (χ1) is 12.3. The van der Waals surface area contributed by atoms with E-state index < -0.39 is 0 Å². The Kier molecular flexibility index (Phi) is 8.79. The molecule has 1 saturated carbocycles. The van der Waals surface area contributed by atoms with Gasteiger partial charge >= 0.3 is 0 Å². The number of hydrogen-bond donors (Lipinski definition) is 1. The molecule has 0 aromatic heterocycles. The lowest BCUT2D eigenvalue weighted by molar-refractivity contribution is 0.297. The van der Waals surface area contributed by atoms with Crippen LogP contribution in [0.5, 0.6) is 11.5 Å². The molecule has 0 spiro atoms. The van der Waals surface area contributed by atoms with E-state index in [1.54, 1.807) is 7.11 Å². The molecule has 0 radical (unpaired) electrons. The van der Waals surface area contributed by atoms with Gasteiger partial charge in [0.2, 0.25) is 0 Å². The van der Waals surface area contributed by atoms with Gasteiger partial charge in [0.15, 0.2) is 11.5 Å². The maximum Gasteiger partial charge on any atom is 0.161 e. The average molecular weight is 376 g/mol. The molecule has 4 heteroatoms. The lowest BCUT2D eigenvalue weighted by Crippen LogP contribution is -2.30. The summed E-state index contributed by atoms with van der Waals surface area (Å²) in [6.45, 7) is 1.55. The molecule has 1 aliphatic carbocycles. The number of benzene rings is 2. The largest absolute Gasteiger partial charge is 0.493 e. The van der Waals surface area contributed by atoms with Crippen LogP contribution in [0.25, 0.3) is 0 Å². The minimum absolute atomic E-state index is 0. The van der Waals surface area contributed by atoms with Crippen LogP contribution in [0.1, 0.15) is 43.2 Å². The van der Waals surface area contributed by atoms with Crippen LogP contribution in [0.4, 0.5) is 0 Å². The maximum atomic E-state index is 5.94. The molecule has 0 saturated heterocycles. The van der Waals surface area contributed by atoms with Crippen molar-refractivity contribution < 1.29 is 9.47 Å². The van der Waals surface area contributed by atoms with Crippen LogP contribution in [-0.4, -0.2) is 19.8 Å². The molecular formula is C22H30ClNO2. The number of rotatable bonds is 8. The Morgan fingerprint density at radius 2 is 1.69 bits per heavy atom. The van der Waals surface area contributed by atoms with Crippen molar-refractivity contribution in [3.8, 4) is 11.5 Å². The Morgan fingerprint density at radius 1 is 0.923 bits per heavy atom. The zero-order chi connectivity index (χ0) is 17.3. The quantitative estimate of drug-likeness (QED) is 0.691. The molecule has 0 heterocycles. The van der Waals surface area contributed by atoms with E-state index in [9.17, 15) is 0 Å². The van der Waals surface area contributed by atoms with Crippen molar-refractivity contribution in [1.82, 2.24) is 5.32 Å². The lowest BCUT2D eigenvalue weighted by atomic mass is 9.95. The van der Waals surface area contributed by atoms with Crippen molar-refractivity contribution >= 4 is 12.4 Å². The van der Waals surface area contributed by atoms with E-state index in [0.29, 0.717) is 12.6 Å². The van der Waals surface area contributed by atoms with Gasteiger partial charge in [-0.2, -0.15) is 0 Å². The first-order valence-electron chi connectivity index (χ1n) is 9.42. The van der Waals surface area contributed by atoms with Gasteiger partial charge in [-0.15, -0.1) is 12.4 Å². The topological polar surface area (TPSA) is 30.5 Å². The van der Waals surface area contributed by atoms with E-state index in [-0.39, 0.29) is 12.4 Å². The van der Waals surface area contributed by atoms with Gasteiger partial charge < -0.3 is 14.8 Å². The Balaban J connectivity index is 0.00000243. The molecule has 2 aromatic rings. The van der Waals surface area contributed by atoms with Crippen molar-refractivity contribution in [2.24, 2.45) is 0 Å². The van der Waals surface area contributed by atoms with Gasteiger partial charge in [0.1, 0.15) is 0 Å². The fraction of sp³-hybridized carbons (Fsp3) is 0.455. The predicted molar refractivity (Wildman–Crippen MR) is 110 cm³/mol. The van der Waals surface area contributed by atoms with E-state index in [0.717, 1.165) is 24.5 Å². The zero-order valence-electron chi connectivity index (χ0n) is 15.6. The van der Waals surface area contributed by atoms with Gasteiger partial charge in [-0.05, 0) is 36.1 Å². The molecule has 142 valence electrons.